The molecule has 1 atom stereocenters. The number of amides is 4. The van der Waals surface area contributed by atoms with Crippen LogP contribution < -0.4 is 20.4 Å². The fourth-order valence-electron chi connectivity index (χ4n) is 4.92. The first-order valence-electron chi connectivity index (χ1n) is 12.9. The van der Waals surface area contributed by atoms with Gasteiger partial charge in [0, 0.05) is 19.5 Å². The van der Waals surface area contributed by atoms with Gasteiger partial charge in [0.15, 0.2) is 6.04 Å². The normalized spacial score (nSPS) is 18.1. The molecule has 1 aliphatic carbocycles. The van der Waals surface area contributed by atoms with E-state index in [1.807, 2.05) is 52.0 Å². The molecule has 4 amide bonds. The van der Waals surface area contributed by atoms with Crippen LogP contribution in [0.5, 0.6) is 0 Å². The smallest absolute Gasteiger partial charge is 0.259 e. The molecule has 1 aromatic carbocycles. The van der Waals surface area contributed by atoms with Crippen LogP contribution in [0.25, 0.3) is 0 Å². The number of carbonyl (C=O) groups is 4. The number of hydrogen-bond donors (Lipinski definition) is 2. The summed E-state index contributed by atoms with van der Waals surface area (Å²) in [6.07, 6.45) is 4.76. The molecule has 0 bridgehead atoms. The molecule has 1 fully saturated rings. The van der Waals surface area contributed by atoms with Crippen LogP contribution in [-0.2, 0) is 19.2 Å². The van der Waals surface area contributed by atoms with E-state index < -0.39 is 29.8 Å². The zero-order valence-corrected chi connectivity index (χ0v) is 21.7. The van der Waals surface area contributed by atoms with Gasteiger partial charge in [0.2, 0.25) is 11.8 Å². The molecule has 0 saturated heterocycles. The van der Waals surface area contributed by atoms with Gasteiger partial charge in [-0.25, -0.2) is 0 Å². The number of rotatable bonds is 9. The van der Waals surface area contributed by atoms with Crippen LogP contribution in [0, 0.1) is 17.8 Å². The van der Waals surface area contributed by atoms with Crippen molar-refractivity contribution < 1.29 is 19.2 Å². The predicted octanol–water partition coefficient (Wildman–Crippen LogP) is 3.25. The molecule has 0 radical (unpaired) electrons. The van der Waals surface area contributed by atoms with Gasteiger partial charge in [0.25, 0.3) is 11.8 Å². The molecule has 1 heterocycles. The Labute approximate surface area is 208 Å². The Morgan fingerprint density at radius 1 is 0.886 bits per heavy atom. The molecule has 1 aliphatic heterocycles. The van der Waals surface area contributed by atoms with Gasteiger partial charge in [-0.1, -0.05) is 52.7 Å². The van der Waals surface area contributed by atoms with Crippen LogP contribution in [0.3, 0.4) is 0 Å². The molecule has 0 spiro atoms. The second-order valence-electron chi connectivity index (χ2n) is 10.8. The largest absolute Gasteiger partial charge is 0.345 e. The van der Waals surface area contributed by atoms with Crippen molar-refractivity contribution in [2.45, 2.75) is 78.8 Å². The van der Waals surface area contributed by atoms with E-state index in [1.165, 1.54) is 0 Å². The summed E-state index contributed by atoms with van der Waals surface area (Å²) in [6.45, 7) is 10.4. The molecule has 2 N–H and O–H groups in total. The van der Waals surface area contributed by atoms with Crippen molar-refractivity contribution >= 4 is 35.0 Å². The first kappa shape index (κ1) is 26.7. The number of nitrogens with one attached hydrogen (secondary N) is 2. The average molecular weight is 485 g/mol. The summed E-state index contributed by atoms with van der Waals surface area (Å²) in [6, 6.07) is 5.16. The maximum Gasteiger partial charge on any atom is 0.259 e. The van der Waals surface area contributed by atoms with Crippen LogP contribution in [0.1, 0.15) is 66.7 Å². The lowest BCUT2D eigenvalue weighted by Gasteiger charge is -2.27. The third-order valence-electron chi connectivity index (χ3n) is 6.59. The standard InChI is InChI=1S/C27H40N4O4/c1-17(2)15-30-21-12-8-9-13-22(21)31(16-18(3)4)27(35)24(26(30)34)29-25(33)19(5)28-23(32)14-20-10-6-7-11-20/h8-9,12-13,17-20,24H,6-7,10-11,14-16H2,1-5H3,(H,28,32)(H,29,33)/t19-/m0/s1. The molecule has 3 rings (SSSR count). The number of benzene rings is 1. The van der Waals surface area contributed by atoms with Crippen molar-refractivity contribution in [1.82, 2.24) is 10.6 Å². The van der Waals surface area contributed by atoms with Crippen molar-refractivity contribution in [3.8, 4) is 0 Å². The quantitative estimate of drug-likeness (QED) is 0.526. The average Bonchev–Trinajstić information content (AvgIpc) is 3.28. The fraction of sp³-hybridized carbons (Fsp3) is 0.630. The number of para-hydroxylation sites is 2. The zero-order chi connectivity index (χ0) is 25.7. The maximum absolute atomic E-state index is 13.7. The Morgan fingerprint density at radius 3 is 1.83 bits per heavy atom. The lowest BCUT2D eigenvalue weighted by Crippen LogP contribution is -2.59. The van der Waals surface area contributed by atoms with Gasteiger partial charge in [0.1, 0.15) is 6.04 Å². The third kappa shape index (κ3) is 6.61. The van der Waals surface area contributed by atoms with Crippen molar-refractivity contribution in [2.24, 2.45) is 17.8 Å². The fourth-order valence-corrected chi connectivity index (χ4v) is 4.92. The molecule has 0 unspecified atom stereocenters. The number of anilines is 2. The third-order valence-corrected chi connectivity index (χ3v) is 6.59. The minimum absolute atomic E-state index is 0.156. The van der Waals surface area contributed by atoms with Crippen LogP contribution in [-0.4, -0.2) is 48.8 Å². The van der Waals surface area contributed by atoms with Gasteiger partial charge in [-0.15, -0.1) is 0 Å². The predicted molar refractivity (Wildman–Crippen MR) is 137 cm³/mol. The molecule has 192 valence electrons. The minimum Gasteiger partial charge on any atom is -0.345 e. The monoisotopic (exact) mass is 484 g/mol. The number of fused-ring (bicyclic) bond motifs is 1. The maximum atomic E-state index is 13.7. The van der Waals surface area contributed by atoms with E-state index in [9.17, 15) is 19.2 Å². The van der Waals surface area contributed by atoms with Crippen LogP contribution in [0.15, 0.2) is 24.3 Å². The van der Waals surface area contributed by atoms with Crippen LogP contribution >= 0.6 is 0 Å². The first-order chi connectivity index (χ1) is 16.6. The van der Waals surface area contributed by atoms with E-state index in [2.05, 4.69) is 10.6 Å². The van der Waals surface area contributed by atoms with Gasteiger partial charge in [-0.05, 0) is 49.7 Å². The van der Waals surface area contributed by atoms with Gasteiger partial charge < -0.3 is 20.4 Å². The molecule has 8 heteroatoms. The number of hydrogen-bond acceptors (Lipinski definition) is 4. The van der Waals surface area contributed by atoms with Gasteiger partial charge in [0.05, 0.1) is 11.4 Å². The van der Waals surface area contributed by atoms with Crippen molar-refractivity contribution in [3.63, 3.8) is 0 Å². The second-order valence-corrected chi connectivity index (χ2v) is 10.8. The Morgan fingerprint density at radius 2 is 1.37 bits per heavy atom. The molecular formula is C27H40N4O4. The van der Waals surface area contributed by atoms with Gasteiger partial charge in [-0.3, -0.25) is 19.2 Å². The van der Waals surface area contributed by atoms with E-state index >= 15 is 0 Å². The molecule has 1 saturated carbocycles. The van der Waals surface area contributed by atoms with E-state index in [0.717, 1.165) is 25.7 Å². The number of nitrogens with zero attached hydrogens (tertiary/aromatic N) is 2. The Kier molecular flexibility index (Phi) is 8.92. The highest BCUT2D eigenvalue weighted by atomic mass is 16.2. The number of carbonyl (C=O) groups excluding carboxylic acids is 4. The van der Waals surface area contributed by atoms with E-state index in [1.54, 1.807) is 16.7 Å². The summed E-state index contributed by atoms with van der Waals surface area (Å²) in [5.74, 6) is -0.957. The zero-order valence-electron chi connectivity index (χ0n) is 21.7. The Balaban J connectivity index is 1.82. The van der Waals surface area contributed by atoms with Crippen LogP contribution in [0.4, 0.5) is 11.4 Å². The minimum atomic E-state index is -1.36. The summed E-state index contributed by atoms with van der Waals surface area (Å²) >= 11 is 0. The molecule has 1 aromatic rings. The summed E-state index contributed by atoms with van der Waals surface area (Å²) in [7, 11) is 0. The van der Waals surface area contributed by atoms with Crippen molar-refractivity contribution in [1.29, 1.82) is 0 Å². The molecule has 0 aromatic heterocycles. The van der Waals surface area contributed by atoms with Crippen LogP contribution in [0.2, 0.25) is 0 Å². The summed E-state index contributed by atoms with van der Waals surface area (Å²) in [5.41, 5.74) is 1.32. The second kappa shape index (κ2) is 11.7. The van der Waals surface area contributed by atoms with E-state index in [4.69, 9.17) is 0 Å². The van der Waals surface area contributed by atoms with Gasteiger partial charge in [-0.2, -0.15) is 0 Å². The highest BCUT2D eigenvalue weighted by Crippen LogP contribution is 2.34. The van der Waals surface area contributed by atoms with Crippen molar-refractivity contribution in [2.75, 3.05) is 22.9 Å². The molecular weight excluding hydrogens is 444 g/mol. The highest BCUT2D eigenvalue weighted by Gasteiger charge is 2.42. The lowest BCUT2D eigenvalue weighted by atomic mass is 10.0. The SMILES string of the molecule is CC(C)CN1C(=O)C(NC(=O)[C@H](C)NC(=O)CC2CCCC2)C(=O)N(CC(C)C)c2ccccc21. The Bertz CT molecular complexity index is 890. The van der Waals surface area contributed by atoms with E-state index in [-0.39, 0.29) is 17.7 Å². The highest BCUT2D eigenvalue weighted by molar-refractivity contribution is 6.21. The van der Waals surface area contributed by atoms with Gasteiger partial charge >= 0.3 is 0 Å². The van der Waals surface area contributed by atoms with E-state index in [0.29, 0.717) is 36.8 Å². The lowest BCUT2D eigenvalue weighted by molar-refractivity contribution is -0.135. The summed E-state index contributed by atoms with van der Waals surface area (Å²) < 4.78 is 0. The van der Waals surface area contributed by atoms with Crippen molar-refractivity contribution in [3.05, 3.63) is 24.3 Å². The topological polar surface area (TPSA) is 98.8 Å². The molecule has 35 heavy (non-hydrogen) atoms. The Hall–Kier alpha value is -2.90. The summed E-state index contributed by atoms with van der Waals surface area (Å²) in [4.78, 5) is 56.0. The summed E-state index contributed by atoms with van der Waals surface area (Å²) in [5, 5.41) is 5.41. The molecule has 8 nitrogen and oxygen atoms in total. The first-order valence-corrected chi connectivity index (χ1v) is 12.9. The molecule has 2 aliphatic rings.